The molecule has 5 nitrogen and oxygen atoms in total. The molecule has 3 aromatic rings. The summed E-state index contributed by atoms with van der Waals surface area (Å²) >= 11 is 1.38. The zero-order valence-electron chi connectivity index (χ0n) is 12.5. The van der Waals surface area contributed by atoms with E-state index < -0.39 is 5.91 Å². The Bertz CT molecular complexity index is 940. The summed E-state index contributed by atoms with van der Waals surface area (Å²) in [4.78, 5) is 29.7. The van der Waals surface area contributed by atoms with Crippen LogP contribution in [0.2, 0.25) is 0 Å². The van der Waals surface area contributed by atoms with Gasteiger partial charge in [-0.2, -0.15) is 0 Å². The molecule has 0 saturated carbocycles. The Balaban J connectivity index is 2.02. The lowest BCUT2D eigenvalue weighted by atomic mass is 10.1. The van der Waals surface area contributed by atoms with E-state index in [0.29, 0.717) is 10.6 Å². The van der Waals surface area contributed by atoms with Gasteiger partial charge in [-0.25, -0.2) is 4.98 Å². The topological polar surface area (TPSA) is 63.5 Å². The normalized spacial score (nSPS) is 10.9. The first-order valence-electron chi connectivity index (χ1n) is 6.82. The summed E-state index contributed by atoms with van der Waals surface area (Å²) in [6.45, 7) is 5.68. The number of amides is 1. The van der Waals surface area contributed by atoms with Gasteiger partial charge in [-0.15, -0.1) is 11.3 Å². The average molecular weight is 313 g/mol. The molecule has 0 unspecified atom stereocenters. The number of nitrogens with one attached hydrogen (secondary N) is 1. The van der Waals surface area contributed by atoms with E-state index in [9.17, 15) is 9.59 Å². The largest absolute Gasteiger partial charge is 0.322 e. The Hall–Kier alpha value is -2.47. The number of aromatic nitrogens is 2. The molecule has 22 heavy (non-hydrogen) atoms. The van der Waals surface area contributed by atoms with Crippen LogP contribution in [0.25, 0.3) is 4.96 Å². The van der Waals surface area contributed by atoms with E-state index in [-0.39, 0.29) is 11.1 Å². The summed E-state index contributed by atoms with van der Waals surface area (Å²) < 4.78 is 1.46. The highest BCUT2D eigenvalue weighted by atomic mass is 32.1. The predicted octanol–water partition coefficient (Wildman–Crippen LogP) is 2.93. The lowest BCUT2D eigenvalue weighted by Gasteiger charge is -2.09. The number of hydrogen-bond acceptors (Lipinski definition) is 4. The number of hydrogen-bond donors (Lipinski definition) is 1. The summed E-state index contributed by atoms with van der Waals surface area (Å²) in [7, 11) is 0. The van der Waals surface area contributed by atoms with Crippen molar-refractivity contribution in [2.45, 2.75) is 20.8 Å². The maximum Gasteiger partial charge on any atom is 0.271 e. The van der Waals surface area contributed by atoms with E-state index in [1.165, 1.54) is 21.9 Å². The van der Waals surface area contributed by atoms with Crippen LogP contribution in [-0.2, 0) is 0 Å². The van der Waals surface area contributed by atoms with Crippen LogP contribution in [0.4, 0.5) is 5.69 Å². The van der Waals surface area contributed by atoms with Crippen molar-refractivity contribution < 1.29 is 4.79 Å². The molecule has 0 saturated heterocycles. The van der Waals surface area contributed by atoms with Crippen molar-refractivity contribution >= 4 is 27.9 Å². The van der Waals surface area contributed by atoms with Crippen LogP contribution in [-0.4, -0.2) is 15.3 Å². The minimum atomic E-state index is -0.439. The molecule has 0 atom stereocenters. The SMILES string of the molecule is Cc1ccc(C)c(NC(=O)c2cnc3scc(C)n3c2=O)c1. The van der Waals surface area contributed by atoms with Crippen LogP contribution in [0.3, 0.4) is 0 Å². The van der Waals surface area contributed by atoms with E-state index in [0.717, 1.165) is 16.8 Å². The second kappa shape index (κ2) is 5.38. The number of aryl methyl sites for hydroxylation is 3. The highest BCUT2D eigenvalue weighted by Crippen LogP contribution is 2.17. The molecule has 0 bridgehead atoms. The third kappa shape index (κ3) is 2.42. The Labute approximate surface area is 131 Å². The van der Waals surface area contributed by atoms with Crippen molar-refractivity contribution in [3.63, 3.8) is 0 Å². The fraction of sp³-hybridized carbons (Fsp3) is 0.188. The lowest BCUT2D eigenvalue weighted by molar-refractivity contribution is 0.102. The maximum atomic E-state index is 12.5. The van der Waals surface area contributed by atoms with E-state index >= 15 is 0 Å². The van der Waals surface area contributed by atoms with Crippen LogP contribution >= 0.6 is 11.3 Å². The summed E-state index contributed by atoms with van der Waals surface area (Å²) in [6.07, 6.45) is 1.34. The monoisotopic (exact) mass is 313 g/mol. The fourth-order valence-corrected chi connectivity index (χ4v) is 3.07. The van der Waals surface area contributed by atoms with Crippen LogP contribution in [0.5, 0.6) is 0 Å². The molecule has 1 amide bonds. The third-order valence-corrected chi connectivity index (χ3v) is 4.46. The van der Waals surface area contributed by atoms with E-state index in [4.69, 9.17) is 0 Å². The Morgan fingerprint density at radius 3 is 2.82 bits per heavy atom. The second-order valence-corrected chi connectivity index (χ2v) is 6.08. The van der Waals surface area contributed by atoms with Gasteiger partial charge in [-0.3, -0.25) is 14.0 Å². The van der Waals surface area contributed by atoms with Gasteiger partial charge in [0.25, 0.3) is 11.5 Å². The predicted molar refractivity (Wildman–Crippen MR) is 87.9 cm³/mol. The summed E-state index contributed by atoms with van der Waals surface area (Å²) in [6, 6.07) is 5.79. The summed E-state index contributed by atoms with van der Waals surface area (Å²) in [5, 5.41) is 4.64. The molecule has 2 heterocycles. The van der Waals surface area contributed by atoms with Gasteiger partial charge in [0.1, 0.15) is 5.56 Å². The van der Waals surface area contributed by atoms with Gasteiger partial charge in [0.2, 0.25) is 0 Å². The molecule has 0 fully saturated rings. The third-order valence-electron chi connectivity index (χ3n) is 3.50. The van der Waals surface area contributed by atoms with Crippen molar-refractivity contribution in [2.75, 3.05) is 5.32 Å². The maximum absolute atomic E-state index is 12.5. The molecule has 112 valence electrons. The highest BCUT2D eigenvalue weighted by molar-refractivity contribution is 7.15. The van der Waals surface area contributed by atoms with Crippen LogP contribution < -0.4 is 10.9 Å². The number of rotatable bonds is 2. The number of fused-ring (bicyclic) bond motifs is 1. The smallest absolute Gasteiger partial charge is 0.271 e. The zero-order valence-corrected chi connectivity index (χ0v) is 13.3. The summed E-state index contributed by atoms with van der Waals surface area (Å²) in [5.41, 5.74) is 3.17. The number of carbonyl (C=O) groups is 1. The van der Waals surface area contributed by atoms with E-state index in [1.807, 2.05) is 44.4 Å². The van der Waals surface area contributed by atoms with Crippen molar-refractivity contribution in [2.24, 2.45) is 0 Å². The summed E-state index contributed by atoms with van der Waals surface area (Å²) in [5.74, 6) is -0.439. The number of nitrogens with zero attached hydrogens (tertiary/aromatic N) is 2. The molecule has 1 N–H and O–H groups in total. The number of benzene rings is 1. The molecule has 2 aromatic heterocycles. The van der Waals surface area contributed by atoms with Gasteiger partial charge < -0.3 is 5.32 Å². The Morgan fingerprint density at radius 1 is 1.27 bits per heavy atom. The standard InChI is InChI=1S/C16H15N3O2S/c1-9-4-5-10(2)13(6-9)18-14(20)12-7-17-16-19(15(12)21)11(3)8-22-16/h4-8H,1-3H3,(H,18,20). The highest BCUT2D eigenvalue weighted by Gasteiger charge is 2.16. The number of thiazole rings is 1. The zero-order chi connectivity index (χ0) is 15.9. The van der Waals surface area contributed by atoms with Crippen molar-refractivity contribution in [3.8, 4) is 0 Å². The lowest BCUT2D eigenvalue weighted by Crippen LogP contribution is -2.26. The van der Waals surface area contributed by atoms with Crippen LogP contribution in [0, 0.1) is 20.8 Å². The molecule has 0 aliphatic carbocycles. The van der Waals surface area contributed by atoms with E-state index in [1.54, 1.807) is 0 Å². The Kier molecular flexibility index (Phi) is 3.54. The molecule has 0 spiro atoms. The second-order valence-electron chi connectivity index (χ2n) is 5.24. The quantitative estimate of drug-likeness (QED) is 0.791. The Morgan fingerprint density at radius 2 is 2.05 bits per heavy atom. The van der Waals surface area contributed by atoms with Crippen molar-refractivity contribution in [1.29, 1.82) is 0 Å². The van der Waals surface area contributed by atoms with Crippen LogP contribution in [0.15, 0.2) is 34.6 Å². The van der Waals surface area contributed by atoms with Gasteiger partial charge in [0.05, 0.1) is 0 Å². The van der Waals surface area contributed by atoms with Gasteiger partial charge in [0.15, 0.2) is 4.96 Å². The van der Waals surface area contributed by atoms with Crippen molar-refractivity contribution in [3.05, 3.63) is 62.5 Å². The molecule has 6 heteroatoms. The minimum Gasteiger partial charge on any atom is -0.322 e. The molecule has 0 aliphatic heterocycles. The average Bonchev–Trinajstić information content (AvgIpc) is 2.85. The van der Waals surface area contributed by atoms with Crippen LogP contribution in [0.1, 0.15) is 27.2 Å². The van der Waals surface area contributed by atoms with Crippen molar-refractivity contribution in [1.82, 2.24) is 9.38 Å². The number of anilines is 1. The number of carbonyl (C=O) groups excluding carboxylic acids is 1. The molecule has 0 aliphatic rings. The van der Waals surface area contributed by atoms with Gasteiger partial charge in [0, 0.05) is 23.0 Å². The molecule has 1 aromatic carbocycles. The first-order chi connectivity index (χ1) is 10.5. The first-order valence-corrected chi connectivity index (χ1v) is 7.70. The minimum absolute atomic E-state index is 0.0416. The fourth-order valence-electron chi connectivity index (χ4n) is 2.24. The van der Waals surface area contributed by atoms with Gasteiger partial charge in [-0.05, 0) is 38.0 Å². The van der Waals surface area contributed by atoms with E-state index in [2.05, 4.69) is 10.3 Å². The molecule has 0 radical (unpaired) electrons. The first kappa shape index (κ1) is 14.5. The molecule has 3 rings (SSSR count). The molecular formula is C16H15N3O2S. The van der Waals surface area contributed by atoms with Gasteiger partial charge in [-0.1, -0.05) is 12.1 Å². The van der Waals surface area contributed by atoms with Gasteiger partial charge >= 0.3 is 0 Å². The molecular weight excluding hydrogens is 298 g/mol.